The Bertz CT molecular complexity index is 899. The van der Waals surface area contributed by atoms with Gasteiger partial charge in [0.15, 0.2) is 0 Å². The summed E-state index contributed by atoms with van der Waals surface area (Å²) in [6.45, 7) is 11.0. The molecule has 0 spiro atoms. The van der Waals surface area contributed by atoms with Gasteiger partial charge >= 0.3 is 6.18 Å². The number of amides is 1. The smallest absolute Gasteiger partial charge is 0.353 e. The van der Waals surface area contributed by atoms with Gasteiger partial charge in [-0.15, -0.1) is 0 Å². The van der Waals surface area contributed by atoms with Gasteiger partial charge in [0, 0.05) is 50.9 Å². The Labute approximate surface area is 214 Å². The van der Waals surface area contributed by atoms with Crippen LogP contribution < -0.4 is 10.2 Å². The van der Waals surface area contributed by atoms with E-state index in [0.717, 1.165) is 37.9 Å². The van der Waals surface area contributed by atoms with E-state index in [1.54, 1.807) is 0 Å². The van der Waals surface area contributed by atoms with Crippen molar-refractivity contribution in [2.24, 2.45) is 5.92 Å². The number of hydrogen-bond acceptors (Lipinski definition) is 4. The molecule has 36 heavy (non-hydrogen) atoms. The molecule has 5 nitrogen and oxygen atoms in total. The summed E-state index contributed by atoms with van der Waals surface area (Å²) in [5, 5.41) is 3.55. The van der Waals surface area contributed by atoms with Crippen LogP contribution in [-0.2, 0) is 17.5 Å². The molecule has 1 aromatic heterocycles. The van der Waals surface area contributed by atoms with Gasteiger partial charge in [-0.1, -0.05) is 64.4 Å². The third kappa shape index (κ3) is 8.80. The van der Waals surface area contributed by atoms with Gasteiger partial charge in [0.2, 0.25) is 5.91 Å². The number of alkyl halides is 3. The molecule has 2 aromatic rings. The molecule has 1 saturated carbocycles. The van der Waals surface area contributed by atoms with Crippen molar-refractivity contribution >= 4 is 11.7 Å². The fourth-order valence-electron chi connectivity index (χ4n) is 4.43. The Morgan fingerprint density at radius 2 is 1.67 bits per heavy atom. The molecule has 1 N–H and O–H groups in total. The Morgan fingerprint density at radius 3 is 2.28 bits per heavy atom. The largest absolute Gasteiger partial charge is 0.416 e. The molecule has 1 aromatic carbocycles. The van der Waals surface area contributed by atoms with Crippen LogP contribution in [0, 0.1) is 5.92 Å². The topological polar surface area (TPSA) is 48.5 Å². The lowest BCUT2D eigenvalue weighted by atomic mass is 10.1. The summed E-state index contributed by atoms with van der Waals surface area (Å²) in [6.07, 6.45) is 0.749. The van der Waals surface area contributed by atoms with Crippen LogP contribution in [-0.4, -0.2) is 48.0 Å². The standard InChI is InChI=1S/C23H27F3N4O.C3H8.C2H6/c24-23(25,26)19-8-9-27-21(15-19)29-10-12-30(13-11-29)22(31)18-6-7-20(14-18)28-16-17-4-2-1-3-5-17;1-3-2;1-2/h1-5,8-9,15,18,20,28H,6-7,10-14,16H2;3H2,1-2H3;1-2H3. The number of pyridine rings is 1. The monoisotopic (exact) mass is 506 g/mol. The normalized spacial score (nSPS) is 19.6. The van der Waals surface area contributed by atoms with Crippen LogP contribution in [0.15, 0.2) is 48.7 Å². The van der Waals surface area contributed by atoms with Gasteiger partial charge in [0.1, 0.15) is 5.82 Å². The first kappa shape index (κ1) is 29.6. The lowest BCUT2D eigenvalue weighted by Crippen LogP contribution is -2.50. The molecule has 2 heterocycles. The molecule has 1 amide bonds. The number of carbonyl (C=O) groups is 1. The molecule has 1 saturated heterocycles. The summed E-state index contributed by atoms with van der Waals surface area (Å²) in [5.41, 5.74) is 0.535. The second kappa shape index (κ2) is 14.8. The van der Waals surface area contributed by atoms with Crippen LogP contribution in [0.3, 0.4) is 0 Å². The maximum Gasteiger partial charge on any atom is 0.416 e. The number of anilines is 1. The van der Waals surface area contributed by atoms with Gasteiger partial charge in [-0.05, 0) is 37.0 Å². The van der Waals surface area contributed by atoms with Crippen molar-refractivity contribution in [3.05, 3.63) is 59.8 Å². The molecule has 8 heteroatoms. The highest BCUT2D eigenvalue weighted by molar-refractivity contribution is 5.79. The molecule has 0 radical (unpaired) electrons. The van der Waals surface area contributed by atoms with E-state index in [9.17, 15) is 18.0 Å². The van der Waals surface area contributed by atoms with E-state index in [4.69, 9.17) is 0 Å². The second-order valence-corrected chi connectivity index (χ2v) is 8.99. The minimum absolute atomic E-state index is 0.0199. The van der Waals surface area contributed by atoms with Gasteiger partial charge in [0.05, 0.1) is 5.56 Å². The summed E-state index contributed by atoms with van der Waals surface area (Å²) in [6, 6.07) is 12.6. The minimum atomic E-state index is -4.39. The molecule has 1 aliphatic heterocycles. The highest BCUT2D eigenvalue weighted by Crippen LogP contribution is 2.31. The van der Waals surface area contributed by atoms with Crippen LogP contribution in [0.4, 0.5) is 19.0 Å². The third-order valence-corrected chi connectivity index (χ3v) is 6.21. The number of halogens is 3. The van der Waals surface area contributed by atoms with Gasteiger partial charge < -0.3 is 15.1 Å². The number of nitrogens with one attached hydrogen (secondary N) is 1. The van der Waals surface area contributed by atoms with Crippen molar-refractivity contribution in [1.82, 2.24) is 15.2 Å². The van der Waals surface area contributed by atoms with E-state index in [1.807, 2.05) is 41.8 Å². The number of benzene rings is 1. The highest BCUT2D eigenvalue weighted by atomic mass is 19.4. The number of piperazine rings is 1. The fraction of sp³-hybridized carbons (Fsp3) is 0.571. The lowest BCUT2D eigenvalue weighted by Gasteiger charge is -2.36. The molecule has 2 unspecified atom stereocenters. The van der Waals surface area contributed by atoms with Crippen molar-refractivity contribution in [3.8, 4) is 0 Å². The predicted octanol–water partition coefficient (Wildman–Crippen LogP) is 6.15. The molecule has 2 fully saturated rings. The lowest BCUT2D eigenvalue weighted by molar-refractivity contribution is -0.137. The number of hydrogen-bond donors (Lipinski definition) is 1. The van der Waals surface area contributed by atoms with Crippen LogP contribution in [0.1, 0.15) is 64.5 Å². The summed E-state index contributed by atoms with van der Waals surface area (Å²) in [5.74, 6) is 0.500. The number of nitrogens with zero attached hydrogens (tertiary/aromatic N) is 3. The van der Waals surface area contributed by atoms with Gasteiger partial charge in [0.25, 0.3) is 0 Å². The summed E-state index contributed by atoms with van der Waals surface area (Å²) >= 11 is 0. The van der Waals surface area contributed by atoms with Crippen LogP contribution in [0.25, 0.3) is 0 Å². The van der Waals surface area contributed by atoms with Crippen molar-refractivity contribution in [2.45, 2.75) is 72.1 Å². The van der Waals surface area contributed by atoms with Gasteiger partial charge in [-0.3, -0.25) is 4.79 Å². The first-order chi connectivity index (χ1) is 17.3. The van der Waals surface area contributed by atoms with E-state index in [0.29, 0.717) is 38.0 Å². The molecule has 2 atom stereocenters. The van der Waals surface area contributed by atoms with Crippen molar-refractivity contribution < 1.29 is 18.0 Å². The van der Waals surface area contributed by atoms with Gasteiger partial charge in [-0.25, -0.2) is 4.98 Å². The average Bonchev–Trinajstić information content (AvgIpc) is 3.38. The zero-order chi connectivity index (χ0) is 26.6. The summed E-state index contributed by atoms with van der Waals surface area (Å²) in [7, 11) is 0. The SMILES string of the molecule is CC.CCC.O=C(C1CCC(NCc2ccccc2)C1)N1CCN(c2cc(C(F)(F)F)ccn2)CC1. The zero-order valence-electron chi connectivity index (χ0n) is 22.0. The molecule has 200 valence electrons. The quantitative estimate of drug-likeness (QED) is 0.528. The van der Waals surface area contributed by atoms with E-state index < -0.39 is 11.7 Å². The van der Waals surface area contributed by atoms with Crippen LogP contribution in [0.2, 0.25) is 0 Å². The van der Waals surface area contributed by atoms with Crippen molar-refractivity contribution in [3.63, 3.8) is 0 Å². The Hall–Kier alpha value is -2.61. The van der Waals surface area contributed by atoms with E-state index >= 15 is 0 Å². The number of rotatable bonds is 5. The van der Waals surface area contributed by atoms with E-state index in [2.05, 4.69) is 36.3 Å². The number of aromatic nitrogens is 1. The maximum absolute atomic E-state index is 13.0. The van der Waals surface area contributed by atoms with E-state index in [-0.39, 0.29) is 11.8 Å². The summed E-state index contributed by atoms with van der Waals surface area (Å²) < 4.78 is 38.9. The Balaban J connectivity index is 0.000000850. The maximum atomic E-state index is 13.0. The molecule has 2 aliphatic rings. The fourth-order valence-corrected chi connectivity index (χ4v) is 4.43. The predicted molar refractivity (Wildman–Crippen MR) is 140 cm³/mol. The summed E-state index contributed by atoms with van der Waals surface area (Å²) in [4.78, 5) is 20.7. The molecule has 1 aliphatic carbocycles. The first-order valence-corrected chi connectivity index (χ1v) is 13.2. The number of carbonyl (C=O) groups excluding carboxylic acids is 1. The molecular formula is C28H41F3N4O. The zero-order valence-corrected chi connectivity index (χ0v) is 22.0. The highest BCUT2D eigenvalue weighted by Gasteiger charge is 2.35. The average molecular weight is 507 g/mol. The van der Waals surface area contributed by atoms with Crippen molar-refractivity contribution in [2.75, 3.05) is 31.1 Å². The minimum Gasteiger partial charge on any atom is -0.353 e. The second-order valence-electron chi connectivity index (χ2n) is 8.99. The molecular weight excluding hydrogens is 465 g/mol. The molecule has 4 rings (SSSR count). The Morgan fingerprint density at radius 1 is 1.03 bits per heavy atom. The van der Waals surface area contributed by atoms with E-state index in [1.165, 1.54) is 18.2 Å². The van der Waals surface area contributed by atoms with Crippen molar-refractivity contribution in [1.29, 1.82) is 0 Å². The third-order valence-electron chi connectivity index (χ3n) is 6.21. The van der Waals surface area contributed by atoms with Crippen LogP contribution >= 0.6 is 0 Å². The van der Waals surface area contributed by atoms with Gasteiger partial charge in [-0.2, -0.15) is 13.2 Å². The Kier molecular flexibility index (Phi) is 12.2. The first-order valence-electron chi connectivity index (χ1n) is 13.2. The van der Waals surface area contributed by atoms with Crippen LogP contribution in [0.5, 0.6) is 0 Å². The molecule has 0 bridgehead atoms.